The number of anilines is 1. The summed E-state index contributed by atoms with van der Waals surface area (Å²) in [6.07, 6.45) is 1.79. The Hall–Kier alpha value is -1.15. The molecule has 1 aliphatic heterocycles. The van der Waals surface area contributed by atoms with Gasteiger partial charge >= 0.3 is 10.2 Å². The van der Waals surface area contributed by atoms with Crippen molar-refractivity contribution in [2.75, 3.05) is 17.8 Å². The van der Waals surface area contributed by atoms with Crippen LogP contribution < -0.4 is 4.72 Å². The monoisotopic (exact) mass is 259 g/mol. The van der Waals surface area contributed by atoms with Crippen molar-refractivity contribution < 1.29 is 8.42 Å². The summed E-state index contributed by atoms with van der Waals surface area (Å²) >= 11 is 0. The molecule has 1 aromatic heterocycles. The molecule has 0 radical (unpaired) electrons. The van der Waals surface area contributed by atoms with Crippen molar-refractivity contribution in [3.8, 4) is 0 Å². The van der Waals surface area contributed by atoms with Gasteiger partial charge in [0, 0.05) is 13.1 Å². The van der Waals surface area contributed by atoms with Crippen LogP contribution in [0.2, 0.25) is 0 Å². The highest BCUT2D eigenvalue weighted by atomic mass is 32.2. The average Bonchev–Trinajstić information content (AvgIpc) is 2.63. The fourth-order valence-electron chi connectivity index (χ4n) is 1.79. The van der Waals surface area contributed by atoms with Gasteiger partial charge < -0.3 is 0 Å². The van der Waals surface area contributed by atoms with E-state index in [0.717, 1.165) is 12.8 Å². The molecule has 17 heavy (non-hydrogen) atoms. The van der Waals surface area contributed by atoms with Crippen LogP contribution in [0.15, 0.2) is 0 Å². The van der Waals surface area contributed by atoms with Crippen LogP contribution in [0.25, 0.3) is 0 Å². The molecule has 96 valence electrons. The minimum absolute atomic E-state index is 0.0983. The standard InChI is InChI=1S/C9H17N5O2S/c1-7-3-5-14(6-4-7)17(15,16)13-9-10-8(2)11-12-9/h7H,3-6H2,1-2H3,(H2,10,11,12,13). The maximum atomic E-state index is 12.0. The van der Waals surface area contributed by atoms with E-state index in [-0.39, 0.29) is 5.95 Å². The second-order valence-electron chi connectivity index (χ2n) is 4.43. The number of nitrogens with one attached hydrogen (secondary N) is 2. The molecule has 0 aromatic carbocycles. The molecule has 2 heterocycles. The predicted molar refractivity (Wildman–Crippen MR) is 63.6 cm³/mol. The first-order chi connectivity index (χ1) is 7.97. The molecule has 1 aromatic rings. The highest BCUT2D eigenvalue weighted by Gasteiger charge is 2.27. The van der Waals surface area contributed by atoms with Gasteiger partial charge in [-0.25, -0.2) is 4.72 Å². The van der Waals surface area contributed by atoms with Crippen molar-refractivity contribution in [3.63, 3.8) is 0 Å². The van der Waals surface area contributed by atoms with Crippen LogP contribution in [-0.4, -0.2) is 41.0 Å². The molecule has 0 bridgehead atoms. The lowest BCUT2D eigenvalue weighted by Gasteiger charge is -2.28. The number of aromatic amines is 1. The average molecular weight is 259 g/mol. The van der Waals surface area contributed by atoms with Crippen LogP contribution in [0.5, 0.6) is 0 Å². The van der Waals surface area contributed by atoms with Crippen molar-refractivity contribution in [2.45, 2.75) is 26.7 Å². The predicted octanol–water partition coefficient (Wildman–Crippen LogP) is 0.502. The molecule has 0 amide bonds. The highest BCUT2D eigenvalue weighted by Crippen LogP contribution is 2.19. The normalized spacial score (nSPS) is 19.4. The molecule has 2 rings (SSSR count). The lowest BCUT2D eigenvalue weighted by atomic mass is 10.0. The largest absolute Gasteiger partial charge is 0.304 e. The summed E-state index contributed by atoms with van der Waals surface area (Å²) in [4.78, 5) is 3.92. The van der Waals surface area contributed by atoms with E-state index in [9.17, 15) is 8.42 Å². The molecule has 8 heteroatoms. The topological polar surface area (TPSA) is 91.0 Å². The molecular formula is C9H17N5O2S. The first-order valence-corrected chi connectivity index (χ1v) is 7.08. The second-order valence-corrected chi connectivity index (χ2v) is 6.10. The summed E-state index contributed by atoms with van der Waals surface area (Å²) in [5, 5.41) is 6.35. The second kappa shape index (κ2) is 4.61. The van der Waals surface area contributed by atoms with Gasteiger partial charge in [-0.1, -0.05) is 6.92 Å². The van der Waals surface area contributed by atoms with Crippen LogP contribution in [0, 0.1) is 12.8 Å². The van der Waals surface area contributed by atoms with E-state index >= 15 is 0 Å². The van der Waals surface area contributed by atoms with Crippen LogP contribution in [0.1, 0.15) is 25.6 Å². The van der Waals surface area contributed by atoms with Gasteiger partial charge in [-0.3, -0.25) is 5.10 Å². The summed E-state index contributed by atoms with van der Waals surface area (Å²) in [6, 6.07) is 0. The number of piperidine rings is 1. The smallest absolute Gasteiger partial charge is 0.261 e. The molecule has 1 aliphatic rings. The third-order valence-corrected chi connectivity index (χ3v) is 4.39. The zero-order valence-electron chi connectivity index (χ0n) is 9.97. The summed E-state index contributed by atoms with van der Waals surface area (Å²) < 4.78 is 27.8. The summed E-state index contributed by atoms with van der Waals surface area (Å²) in [6.45, 7) is 4.96. The number of aromatic nitrogens is 3. The molecule has 0 atom stereocenters. The Bertz CT molecular complexity index is 475. The summed E-state index contributed by atoms with van der Waals surface area (Å²) in [7, 11) is -3.51. The summed E-state index contributed by atoms with van der Waals surface area (Å²) in [5.74, 6) is 1.27. The van der Waals surface area contributed by atoms with Gasteiger partial charge in [-0.05, 0) is 25.7 Å². The number of rotatable bonds is 3. The Balaban J connectivity index is 2.04. The van der Waals surface area contributed by atoms with Crippen molar-refractivity contribution in [1.82, 2.24) is 19.5 Å². The van der Waals surface area contributed by atoms with Crippen LogP contribution in [0.3, 0.4) is 0 Å². The van der Waals surface area contributed by atoms with Gasteiger partial charge in [0.15, 0.2) is 0 Å². The van der Waals surface area contributed by atoms with E-state index in [0.29, 0.717) is 24.8 Å². The van der Waals surface area contributed by atoms with Gasteiger partial charge in [0.05, 0.1) is 0 Å². The molecule has 7 nitrogen and oxygen atoms in total. The SMILES string of the molecule is Cc1nc(NS(=O)(=O)N2CCC(C)CC2)n[nH]1. The lowest BCUT2D eigenvalue weighted by Crippen LogP contribution is -2.41. The Morgan fingerprint density at radius 3 is 2.59 bits per heavy atom. The van der Waals surface area contributed by atoms with E-state index in [1.165, 1.54) is 4.31 Å². The van der Waals surface area contributed by atoms with Gasteiger partial charge in [-0.15, -0.1) is 5.10 Å². The van der Waals surface area contributed by atoms with E-state index < -0.39 is 10.2 Å². The van der Waals surface area contributed by atoms with Gasteiger partial charge in [0.25, 0.3) is 5.95 Å². The number of hydrogen-bond acceptors (Lipinski definition) is 4. The third-order valence-electron chi connectivity index (χ3n) is 2.90. The van der Waals surface area contributed by atoms with Crippen molar-refractivity contribution in [3.05, 3.63) is 5.82 Å². The third kappa shape index (κ3) is 2.95. The Kier molecular flexibility index (Phi) is 3.34. The maximum Gasteiger partial charge on any atom is 0.304 e. The van der Waals surface area contributed by atoms with E-state index in [1.54, 1.807) is 6.92 Å². The molecule has 0 aliphatic carbocycles. The maximum absolute atomic E-state index is 12.0. The van der Waals surface area contributed by atoms with E-state index in [2.05, 4.69) is 26.8 Å². The van der Waals surface area contributed by atoms with Gasteiger partial charge in [0.2, 0.25) is 0 Å². The minimum Gasteiger partial charge on any atom is -0.261 e. The number of H-pyrrole nitrogens is 1. The number of nitrogens with zero attached hydrogens (tertiary/aromatic N) is 3. The van der Waals surface area contributed by atoms with E-state index in [1.807, 2.05) is 0 Å². The minimum atomic E-state index is -3.51. The quantitative estimate of drug-likeness (QED) is 0.827. The summed E-state index contributed by atoms with van der Waals surface area (Å²) in [5.41, 5.74) is 0. The lowest BCUT2D eigenvalue weighted by molar-refractivity contribution is 0.289. The molecule has 1 fully saturated rings. The van der Waals surface area contributed by atoms with Gasteiger partial charge in [0.1, 0.15) is 5.82 Å². The van der Waals surface area contributed by atoms with Crippen molar-refractivity contribution in [2.24, 2.45) is 5.92 Å². The van der Waals surface area contributed by atoms with E-state index in [4.69, 9.17) is 0 Å². The van der Waals surface area contributed by atoms with Crippen molar-refractivity contribution in [1.29, 1.82) is 0 Å². The first kappa shape index (κ1) is 12.3. The number of aryl methyl sites for hydroxylation is 1. The Labute approximate surface area is 101 Å². The molecular weight excluding hydrogens is 242 g/mol. The fourth-order valence-corrected chi connectivity index (χ4v) is 2.94. The zero-order chi connectivity index (χ0) is 12.5. The van der Waals surface area contributed by atoms with Crippen LogP contribution in [-0.2, 0) is 10.2 Å². The molecule has 0 saturated carbocycles. The zero-order valence-corrected chi connectivity index (χ0v) is 10.8. The Morgan fingerprint density at radius 2 is 2.06 bits per heavy atom. The van der Waals surface area contributed by atoms with Crippen molar-refractivity contribution >= 4 is 16.2 Å². The molecule has 2 N–H and O–H groups in total. The highest BCUT2D eigenvalue weighted by molar-refractivity contribution is 7.90. The molecule has 0 unspecified atom stereocenters. The fraction of sp³-hybridized carbons (Fsp3) is 0.778. The number of hydrogen-bond donors (Lipinski definition) is 2. The molecule has 1 saturated heterocycles. The van der Waals surface area contributed by atoms with Crippen LogP contribution >= 0.6 is 0 Å². The van der Waals surface area contributed by atoms with Crippen LogP contribution in [0.4, 0.5) is 5.95 Å². The first-order valence-electron chi connectivity index (χ1n) is 5.64. The Morgan fingerprint density at radius 1 is 1.41 bits per heavy atom. The molecule has 0 spiro atoms. The van der Waals surface area contributed by atoms with Gasteiger partial charge in [-0.2, -0.15) is 17.7 Å².